The van der Waals surface area contributed by atoms with E-state index in [1.165, 1.54) is 20.3 Å². The van der Waals surface area contributed by atoms with Crippen molar-refractivity contribution in [2.45, 2.75) is 0 Å². The van der Waals surface area contributed by atoms with Crippen molar-refractivity contribution in [2.24, 2.45) is 5.73 Å². The highest BCUT2D eigenvalue weighted by atomic mass is 35.5. The summed E-state index contributed by atoms with van der Waals surface area (Å²) >= 11 is 5.83. The molecule has 0 spiro atoms. The second kappa shape index (κ2) is 5.00. The molecule has 0 amide bonds. The van der Waals surface area contributed by atoms with E-state index in [0.29, 0.717) is 22.1 Å². The van der Waals surface area contributed by atoms with Crippen LogP contribution in [-0.4, -0.2) is 26.5 Å². The lowest BCUT2D eigenvalue weighted by Gasteiger charge is -2.11. The summed E-state index contributed by atoms with van der Waals surface area (Å²) in [5.74, 6) is 0.534. The standard InChI is InChI=1S/C10H12ClNO3/c1-14-9-4-6(11)3-7(8(13)5-12)10(9)15-2/h3-4H,5,12H2,1-2H3. The van der Waals surface area contributed by atoms with E-state index in [-0.39, 0.29) is 12.3 Å². The fourth-order valence-corrected chi connectivity index (χ4v) is 1.46. The van der Waals surface area contributed by atoms with Crippen LogP contribution in [0.5, 0.6) is 11.5 Å². The lowest BCUT2D eigenvalue weighted by molar-refractivity contribution is 0.0998. The van der Waals surface area contributed by atoms with Crippen LogP contribution >= 0.6 is 11.6 Å². The monoisotopic (exact) mass is 229 g/mol. The van der Waals surface area contributed by atoms with Gasteiger partial charge in [0.25, 0.3) is 0 Å². The van der Waals surface area contributed by atoms with Gasteiger partial charge in [0.05, 0.1) is 26.3 Å². The van der Waals surface area contributed by atoms with E-state index < -0.39 is 0 Å². The van der Waals surface area contributed by atoms with E-state index in [9.17, 15) is 4.79 Å². The maximum atomic E-state index is 11.5. The van der Waals surface area contributed by atoms with Crippen LogP contribution in [0, 0.1) is 0 Å². The number of ether oxygens (including phenoxy) is 2. The molecule has 82 valence electrons. The molecule has 0 aliphatic rings. The molecular formula is C10H12ClNO3. The van der Waals surface area contributed by atoms with E-state index in [2.05, 4.69) is 0 Å². The molecule has 4 nitrogen and oxygen atoms in total. The van der Waals surface area contributed by atoms with E-state index in [4.69, 9.17) is 26.8 Å². The van der Waals surface area contributed by atoms with Gasteiger partial charge < -0.3 is 15.2 Å². The molecule has 0 saturated carbocycles. The molecule has 0 aromatic heterocycles. The average molecular weight is 230 g/mol. The van der Waals surface area contributed by atoms with Gasteiger partial charge in [-0.05, 0) is 6.07 Å². The van der Waals surface area contributed by atoms with E-state index in [0.717, 1.165) is 0 Å². The number of methoxy groups -OCH3 is 2. The third-order valence-electron chi connectivity index (χ3n) is 1.93. The molecule has 0 saturated heterocycles. The van der Waals surface area contributed by atoms with Crippen molar-refractivity contribution in [3.05, 3.63) is 22.7 Å². The van der Waals surface area contributed by atoms with Crippen LogP contribution < -0.4 is 15.2 Å². The summed E-state index contributed by atoms with van der Waals surface area (Å²) in [6.07, 6.45) is 0. The van der Waals surface area contributed by atoms with Crippen molar-refractivity contribution in [3.63, 3.8) is 0 Å². The number of carbonyl (C=O) groups excluding carboxylic acids is 1. The van der Waals surface area contributed by atoms with Gasteiger partial charge in [0.1, 0.15) is 0 Å². The molecule has 2 N–H and O–H groups in total. The summed E-state index contributed by atoms with van der Waals surface area (Å²) < 4.78 is 10.1. The van der Waals surface area contributed by atoms with Gasteiger partial charge in [0.15, 0.2) is 17.3 Å². The SMILES string of the molecule is COc1cc(Cl)cc(C(=O)CN)c1OC. The zero-order valence-corrected chi connectivity index (χ0v) is 9.30. The van der Waals surface area contributed by atoms with E-state index in [1.54, 1.807) is 6.07 Å². The van der Waals surface area contributed by atoms with Gasteiger partial charge in [-0.3, -0.25) is 4.79 Å². The summed E-state index contributed by atoms with van der Waals surface area (Å²) in [4.78, 5) is 11.5. The first-order chi connectivity index (χ1) is 7.13. The Morgan fingerprint density at radius 2 is 2.07 bits per heavy atom. The van der Waals surface area contributed by atoms with Gasteiger partial charge in [-0.2, -0.15) is 0 Å². The summed E-state index contributed by atoms with van der Waals surface area (Å²) in [7, 11) is 2.93. The van der Waals surface area contributed by atoms with Gasteiger partial charge in [-0.1, -0.05) is 11.6 Å². The Kier molecular flexibility index (Phi) is 3.94. The van der Waals surface area contributed by atoms with Gasteiger partial charge >= 0.3 is 0 Å². The van der Waals surface area contributed by atoms with Crippen molar-refractivity contribution >= 4 is 17.4 Å². The molecule has 0 aliphatic carbocycles. The number of nitrogens with two attached hydrogens (primary N) is 1. The van der Waals surface area contributed by atoms with Crippen LogP contribution in [0.2, 0.25) is 5.02 Å². The number of rotatable bonds is 4. The first-order valence-electron chi connectivity index (χ1n) is 4.28. The summed E-state index contributed by atoms with van der Waals surface area (Å²) in [6, 6.07) is 3.09. The van der Waals surface area contributed by atoms with Crippen molar-refractivity contribution in [1.29, 1.82) is 0 Å². The fraction of sp³-hybridized carbons (Fsp3) is 0.300. The number of hydrogen-bond donors (Lipinski definition) is 1. The first kappa shape index (κ1) is 11.8. The molecule has 0 bridgehead atoms. The van der Waals surface area contributed by atoms with Crippen molar-refractivity contribution in [3.8, 4) is 11.5 Å². The number of ketones is 1. The van der Waals surface area contributed by atoms with Crippen LogP contribution in [0.3, 0.4) is 0 Å². The minimum Gasteiger partial charge on any atom is -0.493 e. The second-order valence-corrected chi connectivity index (χ2v) is 3.25. The van der Waals surface area contributed by atoms with Gasteiger partial charge in [0.2, 0.25) is 0 Å². The molecular weight excluding hydrogens is 218 g/mol. The molecule has 0 heterocycles. The zero-order chi connectivity index (χ0) is 11.4. The zero-order valence-electron chi connectivity index (χ0n) is 8.54. The van der Waals surface area contributed by atoms with Gasteiger partial charge in [-0.15, -0.1) is 0 Å². The predicted molar refractivity (Wildman–Crippen MR) is 57.9 cm³/mol. The van der Waals surface area contributed by atoms with Crippen LogP contribution in [0.15, 0.2) is 12.1 Å². The fourth-order valence-electron chi connectivity index (χ4n) is 1.25. The summed E-state index contributed by atoms with van der Waals surface area (Å²) in [5, 5.41) is 0.407. The Morgan fingerprint density at radius 1 is 1.40 bits per heavy atom. The van der Waals surface area contributed by atoms with E-state index in [1.807, 2.05) is 0 Å². The molecule has 0 aliphatic heterocycles. The lowest BCUT2D eigenvalue weighted by atomic mass is 10.1. The largest absolute Gasteiger partial charge is 0.493 e. The molecule has 0 unspecified atom stereocenters. The highest BCUT2D eigenvalue weighted by molar-refractivity contribution is 6.31. The average Bonchev–Trinajstić information content (AvgIpc) is 2.26. The summed E-state index contributed by atoms with van der Waals surface area (Å²) in [6.45, 7) is -0.0974. The Hall–Kier alpha value is -1.26. The Morgan fingerprint density at radius 3 is 2.53 bits per heavy atom. The van der Waals surface area contributed by atoms with Crippen LogP contribution in [0.25, 0.3) is 0 Å². The maximum Gasteiger partial charge on any atom is 0.180 e. The Balaban J connectivity index is 3.35. The van der Waals surface area contributed by atoms with Crippen molar-refractivity contribution in [2.75, 3.05) is 20.8 Å². The molecule has 1 aromatic carbocycles. The molecule has 1 rings (SSSR count). The Bertz CT molecular complexity index is 379. The van der Waals surface area contributed by atoms with Gasteiger partial charge in [-0.25, -0.2) is 0 Å². The third-order valence-corrected chi connectivity index (χ3v) is 2.15. The quantitative estimate of drug-likeness (QED) is 0.795. The van der Waals surface area contributed by atoms with Crippen LogP contribution in [0.4, 0.5) is 0 Å². The van der Waals surface area contributed by atoms with Crippen LogP contribution in [-0.2, 0) is 0 Å². The topological polar surface area (TPSA) is 61.5 Å². The minimum absolute atomic E-state index is 0.0974. The number of Topliss-reactive ketones (excluding diaryl/α,β-unsaturated/α-hetero) is 1. The Labute approximate surface area is 92.9 Å². The van der Waals surface area contributed by atoms with Crippen LogP contribution in [0.1, 0.15) is 10.4 Å². The molecule has 0 fully saturated rings. The van der Waals surface area contributed by atoms with Crippen molar-refractivity contribution in [1.82, 2.24) is 0 Å². The summed E-state index contributed by atoms with van der Waals surface area (Å²) in [5.41, 5.74) is 5.62. The number of halogens is 1. The lowest BCUT2D eigenvalue weighted by Crippen LogP contribution is -2.15. The number of hydrogen-bond acceptors (Lipinski definition) is 4. The third kappa shape index (κ3) is 2.40. The maximum absolute atomic E-state index is 11.5. The van der Waals surface area contributed by atoms with Crippen molar-refractivity contribution < 1.29 is 14.3 Å². The number of benzene rings is 1. The molecule has 1 aromatic rings. The second-order valence-electron chi connectivity index (χ2n) is 2.82. The highest BCUT2D eigenvalue weighted by Gasteiger charge is 2.16. The predicted octanol–water partition coefficient (Wildman–Crippen LogP) is 1.50. The molecule has 5 heteroatoms. The molecule has 15 heavy (non-hydrogen) atoms. The molecule has 0 radical (unpaired) electrons. The van der Waals surface area contributed by atoms with E-state index >= 15 is 0 Å². The first-order valence-corrected chi connectivity index (χ1v) is 4.66. The normalized spacial score (nSPS) is 9.87. The molecule has 0 atom stereocenters. The smallest absolute Gasteiger partial charge is 0.180 e. The number of carbonyl (C=O) groups is 1. The van der Waals surface area contributed by atoms with Gasteiger partial charge in [0, 0.05) is 11.1 Å². The minimum atomic E-state index is -0.243. The highest BCUT2D eigenvalue weighted by Crippen LogP contribution is 2.34.